The Hall–Kier alpha value is -1.16. The number of piperidine rings is 1. The van der Waals surface area contributed by atoms with Crippen molar-refractivity contribution in [2.75, 3.05) is 18.8 Å². The number of alkyl halides is 1. The monoisotopic (exact) mass is 209 g/mol. The minimum absolute atomic E-state index is 0.321. The van der Waals surface area contributed by atoms with Gasteiger partial charge in [0.25, 0.3) is 0 Å². The van der Waals surface area contributed by atoms with E-state index in [1.54, 1.807) is 6.20 Å². The molecule has 2 heterocycles. The molecule has 0 amide bonds. The molecule has 3 nitrogen and oxygen atoms in total. The van der Waals surface area contributed by atoms with E-state index in [0.29, 0.717) is 24.3 Å². The Labute approximate surface area is 88.9 Å². The first-order valence-corrected chi connectivity index (χ1v) is 5.25. The summed E-state index contributed by atoms with van der Waals surface area (Å²) < 4.78 is 14.6. The van der Waals surface area contributed by atoms with Gasteiger partial charge in [-0.15, -0.1) is 0 Å². The van der Waals surface area contributed by atoms with Gasteiger partial charge in [-0.3, -0.25) is 0 Å². The molecule has 4 heteroatoms. The van der Waals surface area contributed by atoms with Crippen molar-refractivity contribution < 1.29 is 4.39 Å². The van der Waals surface area contributed by atoms with Gasteiger partial charge < -0.3 is 11.1 Å². The molecule has 15 heavy (non-hydrogen) atoms. The summed E-state index contributed by atoms with van der Waals surface area (Å²) in [6, 6.07) is 1.81. The van der Waals surface area contributed by atoms with Crippen LogP contribution >= 0.6 is 0 Å². The number of hydrogen-bond acceptors (Lipinski definition) is 3. The van der Waals surface area contributed by atoms with E-state index < -0.39 is 5.67 Å². The van der Waals surface area contributed by atoms with Gasteiger partial charge in [0.05, 0.1) is 0 Å². The Bertz CT molecular complexity index is 339. The van der Waals surface area contributed by atoms with Crippen LogP contribution in [0.1, 0.15) is 24.0 Å². The van der Waals surface area contributed by atoms with Crippen LogP contribution in [0.2, 0.25) is 0 Å². The van der Waals surface area contributed by atoms with Crippen molar-refractivity contribution in [1.82, 2.24) is 10.3 Å². The van der Waals surface area contributed by atoms with Crippen molar-refractivity contribution in [3.8, 4) is 0 Å². The Morgan fingerprint density at radius 3 is 3.00 bits per heavy atom. The number of nitrogens with zero attached hydrogens (tertiary/aromatic N) is 1. The maximum Gasteiger partial charge on any atom is 0.152 e. The minimum Gasteiger partial charge on any atom is -0.383 e. The summed E-state index contributed by atoms with van der Waals surface area (Å²) in [5.74, 6) is 0.321. The number of rotatable bonds is 1. The highest BCUT2D eigenvalue weighted by Crippen LogP contribution is 2.37. The number of aryl methyl sites for hydroxylation is 1. The number of nitrogens with two attached hydrogens (primary N) is 1. The van der Waals surface area contributed by atoms with Crippen LogP contribution in [0.25, 0.3) is 0 Å². The van der Waals surface area contributed by atoms with Crippen molar-refractivity contribution in [3.63, 3.8) is 0 Å². The number of aromatic nitrogens is 1. The van der Waals surface area contributed by atoms with Crippen LogP contribution < -0.4 is 11.1 Å². The first kappa shape index (κ1) is 10.4. The molecule has 1 atom stereocenters. The summed E-state index contributed by atoms with van der Waals surface area (Å²) in [5, 5.41) is 3.07. The highest BCUT2D eigenvalue weighted by molar-refractivity contribution is 5.48. The van der Waals surface area contributed by atoms with Crippen molar-refractivity contribution in [2.24, 2.45) is 0 Å². The second-order valence-corrected chi connectivity index (χ2v) is 4.13. The average Bonchev–Trinajstić information content (AvgIpc) is 2.18. The molecule has 1 aromatic heterocycles. The van der Waals surface area contributed by atoms with E-state index in [9.17, 15) is 4.39 Å². The number of pyridine rings is 1. The van der Waals surface area contributed by atoms with Gasteiger partial charge in [0.1, 0.15) is 5.82 Å². The molecule has 1 aromatic rings. The average molecular weight is 209 g/mol. The molecule has 1 fully saturated rings. The van der Waals surface area contributed by atoms with Crippen LogP contribution in [0.5, 0.6) is 0 Å². The van der Waals surface area contributed by atoms with Crippen molar-refractivity contribution >= 4 is 5.82 Å². The second-order valence-electron chi connectivity index (χ2n) is 4.13. The molecule has 82 valence electrons. The van der Waals surface area contributed by atoms with Crippen LogP contribution in [0.3, 0.4) is 0 Å². The summed E-state index contributed by atoms with van der Waals surface area (Å²) in [5.41, 5.74) is 5.86. The zero-order chi connectivity index (χ0) is 10.9. The standard InChI is InChI=1S/C11H16FN3/c1-8-3-6-15-10(13)9(8)11(12)4-2-5-14-7-11/h3,6,14H,2,4-5,7H2,1H3,(H2,13,15). The number of hydrogen-bond donors (Lipinski definition) is 2. The highest BCUT2D eigenvalue weighted by atomic mass is 19.1. The highest BCUT2D eigenvalue weighted by Gasteiger charge is 2.36. The zero-order valence-corrected chi connectivity index (χ0v) is 8.89. The third-order valence-corrected chi connectivity index (χ3v) is 2.97. The summed E-state index contributed by atoms with van der Waals surface area (Å²) in [7, 11) is 0. The van der Waals surface area contributed by atoms with E-state index in [-0.39, 0.29) is 0 Å². The number of nitrogens with one attached hydrogen (secondary N) is 1. The van der Waals surface area contributed by atoms with Crippen molar-refractivity contribution in [3.05, 3.63) is 23.4 Å². The molecular weight excluding hydrogens is 193 g/mol. The fraction of sp³-hybridized carbons (Fsp3) is 0.545. The Balaban J connectivity index is 2.42. The first-order valence-electron chi connectivity index (χ1n) is 5.25. The van der Waals surface area contributed by atoms with Crippen LogP contribution in [0.4, 0.5) is 10.2 Å². The number of anilines is 1. The zero-order valence-electron chi connectivity index (χ0n) is 8.89. The van der Waals surface area contributed by atoms with E-state index in [1.807, 2.05) is 13.0 Å². The smallest absolute Gasteiger partial charge is 0.152 e. The molecule has 0 aliphatic carbocycles. The molecular formula is C11H16FN3. The van der Waals surface area contributed by atoms with Gasteiger partial charge in [-0.05, 0) is 37.9 Å². The minimum atomic E-state index is -1.35. The molecule has 1 saturated heterocycles. The molecule has 0 bridgehead atoms. The first-order chi connectivity index (χ1) is 7.13. The van der Waals surface area contributed by atoms with Crippen molar-refractivity contribution in [1.29, 1.82) is 0 Å². The lowest BCUT2D eigenvalue weighted by Gasteiger charge is -2.32. The predicted molar refractivity (Wildman–Crippen MR) is 58.3 cm³/mol. The SMILES string of the molecule is Cc1ccnc(N)c1C1(F)CCCNC1. The van der Waals surface area contributed by atoms with Crippen LogP contribution in [0.15, 0.2) is 12.3 Å². The fourth-order valence-corrected chi connectivity index (χ4v) is 2.24. The van der Waals surface area contributed by atoms with Gasteiger partial charge in [-0.1, -0.05) is 0 Å². The van der Waals surface area contributed by atoms with E-state index in [2.05, 4.69) is 10.3 Å². The molecule has 0 aromatic carbocycles. The Kier molecular flexibility index (Phi) is 2.61. The van der Waals surface area contributed by atoms with Gasteiger partial charge in [-0.25, -0.2) is 9.37 Å². The van der Waals surface area contributed by atoms with Gasteiger partial charge >= 0.3 is 0 Å². The summed E-state index contributed by atoms with van der Waals surface area (Å²) in [6.07, 6.45) is 2.98. The van der Waals surface area contributed by atoms with E-state index in [4.69, 9.17) is 5.73 Å². The quantitative estimate of drug-likeness (QED) is 0.737. The molecule has 0 spiro atoms. The van der Waals surface area contributed by atoms with Crippen LogP contribution in [0, 0.1) is 6.92 Å². The molecule has 2 rings (SSSR count). The topological polar surface area (TPSA) is 50.9 Å². The third kappa shape index (κ3) is 1.81. The van der Waals surface area contributed by atoms with Gasteiger partial charge in [-0.2, -0.15) is 0 Å². The number of halogens is 1. The molecule has 0 radical (unpaired) electrons. The molecule has 3 N–H and O–H groups in total. The number of nitrogen functional groups attached to an aromatic ring is 1. The van der Waals surface area contributed by atoms with E-state index in [1.165, 1.54) is 0 Å². The normalized spacial score (nSPS) is 26.5. The van der Waals surface area contributed by atoms with E-state index in [0.717, 1.165) is 18.5 Å². The molecule has 1 aliphatic rings. The van der Waals surface area contributed by atoms with Crippen LogP contribution in [-0.4, -0.2) is 18.1 Å². The molecule has 1 aliphatic heterocycles. The lowest BCUT2D eigenvalue weighted by Crippen LogP contribution is -2.41. The summed E-state index contributed by atoms with van der Waals surface area (Å²) >= 11 is 0. The Morgan fingerprint density at radius 1 is 1.60 bits per heavy atom. The molecule has 0 saturated carbocycles. The summed E-state index contributed by atoms with van der Waals surface area (Å²) in [4.78, 5) is 3.97. The Morgan fingerprint density at radius 2 is 2.40 bits per heavy atom. The van der Waals surface area contributed by atoms with Crippen LogP contribution in [-0.2, 0) is 5.67 Å². The lowest BCUT2D eigenvalue weighted by atomic mass is 9.86. The predicted octanol–water partition coefficient (Wildman–Crippen LogP) is 1.52. The maximum atomic E-state index is 14.6. The molecule has 1 unspecified atom stereocenters. The van der Waals surface area contributed by atoms with E-state index >= 15 is 0 Å². The fourth-order valence-electron chi connectivity index (χ4n) is 2.24. The maximum absolute atomic E-state index is 14.6. The van der Waals surface area contributed by atoms with Gasteiger partial charge in [0.15, 0.2) is 5.67 Å². The lowest BCUT2D eigenvalue weighted by molar-refractivity contribution is 0.121. The largest absolute Gasteiger partial charge is 0.383 e. The summed E-state index contributed by atoms with van der Waals surface area (Å²) in [6.45, 7) is 3.10. The third-order valence-electron chi connectivity index (χ3n) is 2.97. The van der Waals surface area contributed by atoms with Crippen molar-refractivity contribution in [2.45, 2.75) is 25.4 Å². The van der Waals surface area contributed by atoms with Gasteiger partial charge in [0, 0.05) is 18.3 Å². The van der Waals surface area contributed by atoms with Gasteiger partial charge in [0.2, 0.25) is 0 Å². The second kappa shape index (κ2) is 3.77.